The maximum atomic E-state index is 11.3. The summed E-state index contributed by atoms with van der Waals surface area (Å²) in [6, 6.07) is 5.52. The third-order valence-corrected chi connectivity index (χ3v) is 3.46. The second-order valence-corrected chi connectivity index (χ2v) is 4.60. The van der Waals surface area contributed by atoms with Crippen LogP contribution in [0.3, 0.4) is 0 Å². The molecule has 0 bridgehead atoms. The molecular weight excluding hydrogens is 248 g/mol. The molecule has 6 heteroatoms. The Bertz CT molecular complexity index is 676. The van der Waals surface area contributed by atoms with Crippen molar-refractivity contribution in [1.29, 1.82) is 0 Å². The lowest BCUT2D eigenvalue weighted by Crippen LogP contribution is -2.47. The minimum Gasteiger partial charge on any atom is -0.480 e. The average Bonchev–Trinajstić information content (AvgIpc) is 2.75. The van der Waals surface area contributed by atoms with Crippen LogP contribution in [-0.4, -0.2) is 33.2 Å². The van der Waals surface area contributed by atoms with Crippen LogP contribution in [0.15, 0.2) is 24.3 Å². The van der Waals surface area contributed by atoms with Crippen LogP contribution >= 0.6 is 0 Å². The first-order chi connectivity index (χ1) is 9.08. The van der Waals surface area contributed by atoms with Crippen molar-refractivity contribution >= 4 is 22.8 Å². The van der Waals surface area contributed by atoms with Gasteiger partial charge in [0, 0.05) is 23.0 Å². The molecule has 1 aromatic carbocycles. The molecule has 2 aromatic rings. The highest BCUT2D eigenvalue weighted by Gasteiger charge is 2.36. The lowest BCUT2D eigenvalue weighted by atomic mass is 9.94. The van der Waals surface area contributed by atoms with E-state index in [2.05, 4.69) is 10.3 Å². The monoisotopic (exact) mass is 260 g/mol. The normalized spacial score (nSPS) is 22.1. The Kier molecular flexibility index (Phi) is 2.53. The zero-order chi connectivity index (χ0) is 13.6. The number of carboxylic acid groups (broad SMARTS) is 2. The summed E-state index contributed by atoms with van der Waals surface area (Å²) in [4.78, 5) is 25.5. The van der Waals surface area contributed by atoms with E-state index < -0.39 is 24.0 Å². The molecule has 4 N–H and O–H groups in total. The van der Waals surface area contributed by atoms with Gasteiger partial charge in [-0.05, 0) is 11.6 Å². The topological polar surface area (TPSA) is 102 Å². The predicted molar refractivity (Wildman–Crippen MR) is 66.9 cm³/mol. The van der Waals surface area contributed by atoms with Crippen molar-refractivity contribution < 1.29 is 19.8 Å². The van der Waals surface area contributed by atoms with Crippen LogP contribution in [0.2, 0.25) is 0 Å². The number of benzene rings is 1. The predicted octanol–water partition coefficient (Wildman–Crippen LogP) is 0.893. The van der Waals surface area contributed by atoms with Gasteiger partial charge in [-0.3, -0.25) is 14.9 Å². The van der Waals surface area contributed by atoms with E-state index in [1.54, 1.807) is 0 Å². The standard InChI is InChI=1S/C13H12N2O4/c16-12(17)9-5-7-6-3-1-2-4-8(6)14-10(7)11(15-9)13(18)19/h1-4,9,11,14-15H,5H2,(H,16,17)(H,18,19)/t9-,11-/m1/s1. The van der Waals surface area contributed by atoms with Crippen molar-refractivity contribution in [2.75, 3.05) is 0 Å². The SMILES string of the molecule is O=C(O)[C@H]1Cc2c([nH]c3ccccc23)[C@H](C(=O)O)N1. The number of carboxylic acids is 2. The molecule has 0 amide bonds. The van der Waals surface area contributed by atoms with Crippen LogP contribution in [0, 0.1) is 0 Å². The van der Waals surface area contributed by atoms with Crippen LogP contribution in [0.1, 0.15) is 17.3 Å². The van der Waals surface area contributed by atoms with Crippen molar-refractivity contribution in [2.24, 2.45) is 0 Å². The quantitative estimate of drug-likeness (QED) is 0.642. The molecule has 0 saturated heterocycles. The second kappa shape index (κ2) is 4.10. The van der Waals surface area contributed by atoms with E-state index >= 15 is 0 Å². The van der Waals surface area contributed by atoms with Gasteiger partial charge in [-0.2, -0.15) is 0 Å². The molecule has 6 nitrogen and oxygen atoms in total. The van der Waals surface area contributed by atoms with Crippen molar-refractivity contribution in [3.8, 4) is 0 Å². The highest BCUT2D eigenvalue weighted by molar-refractivity contribution is 5.90. The van der Waals surface area contributed by atoms with Gasteiger partial charge in [0.15, 0.2) is 0 Å². The summed E-state index contributed by atoms with van der Waals surface area (Å²) in [6.07, 6.45) is 0.276. The van der Waals surface area contributed by atoms with Crippen LogP contribution in [-0.2, 0) is 16.0 Å². The molecule has 19 heavy (non-hydrogen) atoms. The van der Waals surface area contributed by atoms with E-state index in [1.807, 2.05) is 24.3 Å². The maximum Gasteiger partial charge on any atom is 0.326 e. The van der Waals surface area contributed by atoms with Crippen LogP contribution in [0.5, 0.6) is 0 Å². The average molecular weight is 260 g/mol. The van der Waals surface area contributed by atoms with Gasteiger partial charge in [0.05, 0.1) is 0 Å². The number of hydrogen-bond donors (Lipinski definition) is 4. The van der Waals surface area contributed by atoms with Gasteiger partial charge < -0.3 is 15.2 Å². The number of fused-ring (bicyclic) bond motifs is 3. The Morgan fingerprint density at radius 3 is 2.58 bits per heavy atom. The zero-order valence-corrected chi connectivity index (χ0v) is 9.88. The summed E-state index contributed by atoms with van der Waals surface area (Å²) >= 11 is 0. The summed E-state index contributed by atoms with van der Waals surface area (Å²) in [5.74, 6) is -2.12. The zero-order valence-electron chi connectivity index (χ0n) is 9.88. The van der Waals surface area contributed by atoms with E-state index in [0.717, 1.165) is 16.5 Å². The lowest BCUT2D eigenvalue weighted by molar-refractivity contribution is -0.143. The summed E-state index contributed by atoms with van der Waals surface area (Å²) < 4.78 is 0. The fourth-order valence-corrected chi connectivity index (χ4v) is 2.59. The molecule has 2 atom stereocenters. The molecule has 0 fully saturated rings. The van der Waals surface area contributed by atoms with Gasteiger partial charge in [-0.1, -0.05) is 18.2 Å². The Hall–Kier alpha value is -2.34. The largest absolute Gasteiger partial charge is 0.480 e. The lowest BCUT2D eigenvalue weighted by Gasteiger charge is -2.26. The second-order valence-electron chi connectivity index (χ2n) is 4.60. The minimum absolute atomic E-state index is 0.276. The Labute approximate surface area is 108 Å². The van der Waals surface area contributed by atoms with Gasteiger partial charge >= 0.3 is 11.9 Å². The molecule has 1 aromatic heterocycles. The fourth-order valence-electron chi connectivity index (χ4n) is 2.59. The van der Waals surface area contributed by atoms with Gasteiger partial charge in [0.2, 0.25) is 0 Å². The molecule has 0 saturated carbocycles. The van der Waals surface area contributed by atoms with Crippen molar-refractivity contribution in [3.05, 3.63) is 35.5 Å². The van der Waals surface area contributed by atoms with Gasteiger partial charge in [-0.15, -0.1) is 0 Å². The smallest absolute Gasteiger partial charge is 0.326 e. The number of nitrogens with one attached hydrogen (secondary N) is 2. The summed E-state index contributed by atoms with van der Waals surface area (Å²) in [5.41, 5.74) is 2.15. The first-order valence-electron chi connectivity index (χ1n) is 5.89. The van der Waals surface area contributed by atoms with Gasteiger partial charge in [0.1, 0.15) is 12.1 Å². The molecule has 1 aliphatic heterocycles. The highest BCUT2D eigenvalue weighted by atomic mass is 16.4. The van der Waals surface area contributed by atoms with Crippen molar-refractivity contribution in [1.82, 2.24) is 10.3 Å². The molecule has 98 valence electrons. The summed E-state index contributed by atoms with van der Waals surface area (Å²) in [7, 11) is 0. The molecule has 0 spiro atoms. The third kappa shape index (κ3) is 1.77. The Morgan fingerprint density at radius 1 is 1.16 bits per heavy atom. The minimum atomic E-state index is -1.08. The van der Waals surface area contributed by atoms with Gasteiger partial charge in [0.25, 0.3) is 0 Å². The summed E-state index contributed by atoms with van der Waals surface area (Å²) in [6.45, 7) is 0. The van der Waals surface area contributed by atoms with E-state index in [1.165, 1.54) is 0 Å². The van der Waals surface area contributed by atoms with Crippen LogP contribution in [0.4, 0.5) is 0 Å². The molecule has 3 rings (SSSR count). The number of carbonyl (C=O) groups is 2. The number of aromatic nitrogens is 1. The molecule has 0 radical (unpaired) electrons. The number of aliphatic carboxylic acids is 2. The van der Waals surface area contributed by atoms with E-state index in [9.17, 15) is 14.7 Å². The van der Waals surface area contributed by atoms with Crippen LogP contribution < -0.4 is 5.32 Å². The molecular formula is C13H12N2O4. The maximum absolute atomic E-state index is 11.3. The van der Waals surface area contributed by atoms with Crippen molar-refractivity contribution in [2.45, 2.75) is 18.5 Å². The van der Waals surface area contributed by atoms with Gasteiger partial charge in [-0.25, -0.2) is 0 Å². The van der Waals surface area contributed by atoms with E-state index in [0.29, 0.717) is 5.69 Å². The molecule has 1 aliphatic rings. The molecule has 0 aliphatic carbocycles. The number of rotatable bonds is 2. The van der Waals surface area contributed by atoms with Crippen molar-refractivity contribution in [3.63, 3.8) is 0 Å². The number of hydrogen-bond acceptors (Lipinski definition) is 3. The Morgan fingerprint density at radius 2 is 1.89 bits per heavy atom. The Balaban J connectivity index is 2.19. The van der Waals surface area contributed by atoms with Crippen LogP contribution in [0.25, 0.3) is 10.9 Å². The number of H-pyrrole nitrogens is 1. The van der Waals surface area contributed by atoms with E-state index in [4.69, 9.17) is 5.11 Å². The number of aromatic amines is 1. The van der Waals surface area contributed by atoms with E-state index in [-0.39, 0.29) is 6.42 Å². The molecule has 0 unspecified atom stereocenters. The fraction of sp³-hybridized carbons (Fsp3) is 0.231. The highest BCUT2D eigenvalue weighted by Crippen LogP contribution is 2.31. The summed E-state index contributed by atoms with van der Waals surface area (Å²) in [5, 5.41) is 21.9. The number of para-hydroxylation sites is 1. The first kappa shape index (κ1) is 11.7. The molecule has 2 heterocycles. The third-order valence-electron chi connectivity index (χ3n) is 3.46. The first-order valence-corrected chi connectivity index (χ1v) is 5.89.